The molecule has 0 saturated heterocycles. The highest BCUT2D eigenvalue weighted by Gasteiger charge is 2.28. The normalized spacial score (nSPS) is 14.7. The van der Waals surface area contributed by atoms with E-state index in [0.717, 1.165) is 42.0 Å². The minimum absolute atomic E-state index is 0.102. The molecule has 0 aliphatic heterocycles. The molecule has 0 aromatic heterocycles. The second-order valence-corrected chi connectivity index (χ2v) is 12.3. The summed E-state index contributed by atoms with van der Waals surface area (Å²) in [6.07, 6.45) is 5.67. The number of carbonyl (C=O) groups is 2. The summed E-state index contributed by atoms with van der Waals surface area (Å²) >= 11 is 3.47. The third kappa shape index (κ3) is 8.46. The quantitative estimate of drug-likeness (QED) is 0.391. The van der Waals surface area contributed by atoms with Crippen molar-refractivity contribution in [3.63, 3.8) is 0 Å². The lowest BCUT2D eigenvalue weighted by Crippen LogP contribution is -2.49. The molecule has 10 heteroatoms. The highest BCUT2D eigenvalue weighted by molar-refractivity contribution is 9.10. The molecule has 0 heterocycles. The van der Waals surface area contributed by atoms with Gasteiger partial charge in [0.2, 0.25) is 21.8 Å². The third-order valence-electron chi connectivity index (χ3n) is 6.60. The van der Waals surface area contributed by atoms with Gasteiger partial charge >= 0.3 is 0 Å². The molecule has 0 spiro atoms. The second kappa shape index (κ2) is 13.3. The Bertz CT molecular complexity index is 1180. The zero-order chi connectivity index (χ0) is 27.0. The van der Waals surface area contributed by atoms with Gasteiger partial charge < -0.3 is 15.0 Å². The van der Waals surface area contributed by atoms with Gasteiger partial charge in [-0.2, -0.15) is 0 Å². The van der Waals surface area contributed by atoms with Gasteiger partial charge in [-0.05, 0) is 56.0 Å². The van der Waals surface area contributed by atoms with E-state index in [9.17, 15) is 18.0 Å². The smallest absolute Gasteiger partial charge is 0.242 e. The number of benzene rings is 2. The summed E-state index contributed by atoms with van der Waals surface area (Å²) in [5, 5.41) is 3.10. The number of amides is 2. The fourth-order valence-electron chi connectivity index (χ4n) is 4.58. The molecular formula is C27H36BrN3O5S. The Hall–Kier alpha value is -2.59. The maximum absolute atomic E-state index is 13.4. The van der Waals surface area contributed by atoms with Crippen LogP contribution in [0.3, 0.4) is 0 Å². The average Bonchev–Trinajstić information content (AvgIpc) is 3.37. The van der Waals surface area contributed by atoms with Gasteiger partial charge in [-0.1, -0.05) is 47.0 Å². The van der Waals surface area contributed by atoms with Crippen LogP contribution in [0.25, 0.3) is 0 Å². The van der Waals surface area contributed by atoms with Gasteiger partial charge in [0.05, 0.1) is 19.1 Å². The summed E-state index contributed by atoms with van der Waals surface area (Å²) in [5.74, 6) is 0.182. The van der Waals surface area contributed by atoms with Crippen molar-refractivity contribution in [2.24, 2.45) is 0 Å². The lowest BCUT2D eigenvalue weighted by atomic mass is 10.1. The monoisotopic (exact) mass is 593 g/mol. The maximum atomic E-state index is 13.4. The number of methoxy groups -OCH3 is 1. The molecule has 1 N–H and O–H groups in total. The van der Waals surface area contributed by atoms with Crippen molar-refractivity contribution in [3.8, 4) is 5.75 Å². The molecule has 1 aliphatic carbocycles. The zero-order valence-electron chi connectivity index (χ0n) is 21.7. The summed E-state index contributed by atoms with van der Waals surface area (Å²) in [4.78, 5) is 28.1. The van der Waals surface area contributed by atoms with E-state index in [1.54, 1.807) is 36.1 Å². The van der Waals surface area contributed by atoms with E-state index < -0.39 is 16.1 Å². The van der Waals surface area contributed by atoms with E-state index >= 15 is 0 Å². The molecule has 1 saturated carbocycles. The van der Waals surface area contributed by atoms with Crippen molar-refractivity contribution in [3.05, 3.63) is 58.6 Å². The number of halogens is 1. The van der Waals surface area contributed by atoms with Crippen molar-refractivity contribution < 1.29 is 22.7 Å². The number of hydrogen-bond acceptors (Lipinski definition) is 5. The molecule has 2 aromatic rings. The number of rotatable bonds is 12. The summed E-state index contributed by atoms with van der Waals surface area (Å²) in [7, 11) is -2.05. The number of anilines is 1. The number of sulfonamides is 1. The fraction of sp³-hybridized carbons (Fsp3) is 0.481. The van der Waals surface area contributed by atoms with Crippen LogP contribution in [-0.2, 0) is 26.2 Å². The van der Waals surface area contributed by atoms with E-state index in [4.69, 9.17) is 4.74 Å². The molecule has 1 aliphatic rings. The second-order valence-electron chi connectivity index (χ2n) is 9.46. The number of ether oxygens (including phenoxy) is 1. The number of carbonyl (C=O) groups excluding carboxylic acids is 2. The van der Waals surface area contributed by atoms with Crippen LogP contribution < -0.4 is 14.4 Å². The molecule has 37 heavy (non-hydrogen) atoms. The van der Waals surface area contributed by atoms with Gasteiger partial charge in [-0.25, -0.2) is 8.42 Å². The Kier molecular flexibility index (Phi) is 10.4. The summed E-state index contributed by atoms with van der Waals surface area (Å²) in [6.45, 7) is 2.16. The fourth-order valence-corrected chi connectivity index (χ4v) is 5.98. The van der Waals surface area contributed by atoms with Gasteiger partial charge in [0, 0.05) is 36.1 Å². The first kappa shape index (κ1) is 29.0. The Morgan fingerprint density at radius 2 is 1.84 bits per heavy atom. The first-order valence-electron chi connectivity index (χ1n) is 12.5. The van der Waals surface area contributed by atoms with Crippen molar-refractivity contribution in [1.82, 2.24) is 10.2 Å². The zero-order valence-corrected chi connectivity index (χ0v) is 24.1. The Balaban J connectivity index is 1.72. The first-order chi connectivity index (χ1) is 17.6. The maximum Gasteiger partial charge on any atom is 0.242 e. The Morgan fingerprint density at radius 3 is 2.49 bits per heavy atom. The van der Waals surface area contributed by atoms with Crippen LogP contribution in [0, 0.1) is 0 Å². The molecule has 8 nitrogen and oxygen atoms in total. The lowest BCUT2D eigenvalue weighted by Gasteiger charge is -2.30. The molecule has 1 unspecified atom stereocenters. The molecule has 0 bridgehead atoms. The van der Waals surface area contributed by atoms with E-state index in [1.807, 2.05) is 24.3 Å². The molecule has 1 fully saturated rings. The number of nitrogens with zero attached hydrogens (tertiary/aromatic N) is 2. The van der Waals surface area contributed by atoms with Crippen molar-refractivity contribution >= 4 is 43.5 Å². The Morgan fingerprint density at radius 1 is 1.14 bits per heavy atom. The SMILES string of the molecule is COc1cccc(N(CCCC(=O)N(Cc2cccc(Br)c2)C(C)C(=O)NC2CCCC2)S(C)(=O)=O)c1. The molecule has 3 rings (SSSR count). The third-order valence-corrected chi connectivity index (χ3v) is 8.29. The predicted octanol–water partition coefficient (Wildman–Crippen LogP) is 4.48. The van der Waals surface area contributed by atoms with E-state index in [-0.39, 0.29) is 37.4 Å². The van der Waals surface area contributed by atoms with Crippen LogP contribution >= 0.6 is 15.9 Å². The van der Waals surface area contributed by atoms with E-state index in [2.05, 4.69) is 21.2 Å². The lowest BCUT2D eigenvalue weighted by molar-refractivity contribution is -0.141. The molecule has 202 valence electrons. The summed E-state index contributed by atoms with van der Waals surface area (Å²) in [6, 6.07) is 14.0. The topological polar surface area (TPSA) is 96.0 Å². The summed E-state index contributed by atoms with van der Waals surface area (Å²) < 4.78 is 32.4. The van der Waals surface area contributed by atoms with Crippen LogP contribution in [0.2, 0.25) is 0 Å². The van der Waals surface area contributed by atoms with E-state index in [1.165, 1.54) is 11.4 Å². The van der Waals surface area contributed by atoms with Crippen LogP contribution in [-0.4, -0.2) is 57.1 Å². The molecule has 1 atom stereocenters. The average molecular weight is 595 g/mol. The van der Waals surface area contributed by atoms with Crippen molar-refractivity contribution in [2.45, 2.75) is 64.1 Å². The highest BCUT2D eigenvalue weighted by Crippen LogP contribution is 2.24. The summed E-state index contributed by atoms with van der Waals surface area (Å²) in [5.41, 5.74) is 1.38. The van der Waals surface area contributed by atoms with E-state index in [0.29, 0.717) is 17.9 Å². The Labute approximate surface area is 228 Å². The van der Waals surface area contributed by atoms with Gasteiger partial charge in [-0.15, -0.1) is 0 Å². The standard InChI is InChI=1S/C27H36BrN3O5S/c1-20(27(33)29-23-11-4-5-12-23)30(19-21-9-6-10-22(28)17-21)26(32)15-8-16-31(37(3,34)35)24-13-7-14-25(18-24)36-2/h6-7,9-10,13-14,17-18,20,23H,4-5,8,11-12,15-16,19H2,1-3H3,(H,29,33). The minimum atomic E-state index is -3.57. The van der Waals surface area contributed by atoms with Crippen molar-refractivity contribution in [1.29, 1.82) is 0 Å². The highest BCUT2D eigenvalue weighted by atomic mass is 79.9. The molecule has 2 aromatic carbocycles. The number of hydrogen-bond donors (Lipinski definition) is 1. The van der Waals surface area contributed by atoms with Crippen LogP contribution in [0.5, 0.6) is 5.75 Å². The minimum Gasteiger partial charge on any atom is -0.497 e. The van der Waals surface area contributed by atoms with Crippen LogP contribution in [0.15, 0.2) is 53.0 Å². The van der Waals surface area contributed by atoms with Crippen molar-refractivity contribution in [2.75, 3.05) is 24.2 Å². The predicted molar refractivity (Wildman–Crippen MR) is 149 cm³/mol. The number of nitrogens with one attached hydrogen (secondary N) is 1. The largest absolute Gasteiger partial charge is 0.497 e. The van der Waals surface area contributed by atoms with Gasteiger partial charge in [-0.3, -0.25) is 13.9 Å². The van der Waals surface area contributed by atoms with Gasteiger partial charge in [0.15, 0.2) is 0 Å². The molecule has 2 amide bonds. The van der Waals surface area contributed by atoms with Crippen LogP contribution in [0.1, 0.15) is 51.0 Å². The van der Waals surface area contributed by atoms with Crippen LogP contribution in [0.4, 0.5) is 5.69 Å². The molecular weight excluding hydrogens is 558 g/mol. The first-order valence-corrected chi connectivity index (χ1v) is 15.2. The van der Waals surface area contributed by atoms with Gasteiger partial charge in [0.25, 0.3) is 0 Å². The molecule has 0 radical (unpaired) electrons. The van der Waals surface area contributed by atoms with Gasteiger partial charge in [0.1, 0.15) is 11.8 Å².